The minimum absolute atomic E-state index is 0.138. The molecule has 3 aromatic carbocycles. The molecule has 214 valence electrons. The summed E-state index contributed by atoms with van der Waals surface area (Å²) in [5.41, 5.74) is 3.18. The molecule has 3 aromatic rings. The van der Waals surface area contributed by atoms with E-state index >= 15 is 0 Å². The maximum atomic E-state index is 14.1. The van der Waals surface area contributed by atoms with Crippen LogP contribution in [-0.4, -0.2) is 50.5 Å². The highest BCUT2D eigenvalue weighted by atomic mass is 79.9. The zero-order valence-corrected chi connectivity index (χ0v) is 25.9. The highest BCUT2D eigenvalue weighted by molar-refractivity contribution is 9.10. The maximum absolute atomic E-state index is 14.1. The number of carbonyl (C=O) groups is 2. The third-order valence-electron chi connectivity index (χ3n) is 6.59. The largest absolute Gasteiger partial charge is 0.354 e. The van der Waals surface area contributed by atoms with Gasteiger partial charge in [0.25, 0.3) is 0 Å². The Balaban J connectivity index is 2.03. The molecule has 3 rings (SSSR count). The van der Waals surface area contributed by atoms with Gasteiger partial charge in [-0.05, 0) is 53.3 Å². The highest BCUT2D eigenvalue weighted by Crippen LogP contribution is 2.24. The molecule has 2 amide bonds. The summed E-state index contributed by atoms with van der Waals surface area (Å²) in [5.74, 6) is -0.462. The number of carbonyl (C=O) groups excluding carboxylic acids is 2. The lowest BCUT2D eigenvalue weighted by Gasteiger charge is -2.33. The summed E-state index contributed by atoms with van der Waals surface area (Å²) in [6.45, 7) is 6.26. The van der Waals surface area contributed by atoms with Crippen molar-refractivity contribution in [2.45, 2.75) is 52.1 Å². The van der Waals surface area contributed by atoms with Gasteiger partial charge in [-0.3, -0.25) is 13.9 Å². The lowest BCUT2D eigenvalue weighted by molar-refractivity contribution is -0.140. The Bertz CT molecular complexity index is 1380. The van der Waals surface area contributed by atoms with Crippen LogP contribution in [0.15, 0.2) is 83.3 Å². The van der Waals surface area contributed by atoms with E-state index in [1.165, 1.54) is 4.90 Å². The van der Waals surface area contributed by atoms with Crippen LogP contribution in [0.3, 0.4) is 0 Å². The van der Waals surface area contributed by atoms with Crippen molar-refractivity contribution in [3.05, 3.63) is 100 Å². The zero-order chi connectivity index (χ0) is 29.3. The van der Waals surface area contributed by atoms with Crippen molar-refractivity contribution in [1.29, 1.82) is 0 Å². The number of rotatable bonds is 13. The monoisotopic (exact) mass is 627 g/mol. The van der Waals surface area contributed by atoms with Gasteiger partial charge in [0.1, 0.15) is 12.6 Å². The summed E-state index contributed by atoms with van der Waals surface area (Å²) in [7, 11) is -3.80. The lowest BCUT2D eigenvalue weighted by Crippen LogP contribution is -2.53. The molecule has 0 unspecified atom stereocenters. The molecule has 0 aliphatic rings. The van der Waals surface area contributed by atoms with E-state index in [1.807, 2.05) is 73.7 Å². The maximum Gasteiger partial charge on any atom is 0.244 e. The van der Waals surface area contributed by atoms with Crippen LogP contribution in [0.1, 0.15) is 49.8 Å². The number of nitrogens with one attached hydrogen (secondary N) is 1. The number of anilines is 1. The Morgan fingerprint density at radius 1 is 0.925 bits per heavy atom. The van der Waals surface area contributed by atoms with E-state index in [-0.39, 0.29) is 24.8 Å². The molecular weight excluding hydrogens is 590 g/mol. The van der Waals surface area contributed by atoms with Crippen LogP contribution in [0, 0.1) is 0 Å². The van der Waals surface area contributed by atoms with E-state index in [4.69, 9.17) is 0 Å². The van der Waals surface area contributed by atoms with Crippen LogP contribution in [0.2, 0.25) is 0 Å². The molecule has 7 nitrogen and oxygen atoms in total. The first kappa shape index (κ1) is 31.4. The number of halogens is 1. The first-order chi connectivity index (χ1) is 19.0. The summed E-state index contributed by atoms with van der Waals surface area (Å²) in [4.78, 5) is 29.1. The van der Waals surface area contributed by atoms with E-state index < -0.39 is 28.5 Å². The number of hydrogen-bond acceptors (Lipinski definition) is 4. The number of sulfonamides is 1. The van der Waals surface area contributed by atoms with Gasteiger partial charge >= 0.3 is 0 Å². The van der Waals surface area contributed by atoms with Gasteiger partial charge in [-0.2, -0.15) is 0 Å². The van der Waals surface area contributed by atoms with Crippen molar-refractivity contribution in [1.82, 2.24) is 10.2 Å². The van der Waals surface area contributed by atoms with Crippen LogP contribution in [0.5, 0.6) is 0 Å². The van der Waals surface area contributed by atoms with Gasteiger partial charge in [-0.15, -0.1) is 0 Å². The Morgan fingerprint density at radius 2 is 1.57 bits per heavy atom. The molecule has 1 atom stereocenters. The number of benzene rings is 3. The van der Waals surface area contributed by atoms with Crippen LogP contribution in [0.25, 0.3) is 0 Å². The number of hydrogen-bond donors (Lipinski definition) is 1. The van der Waals surface area contributed by atoms with E-state index in [2.05, 4.69) is 35.1 Å². The molecule has 0 saturated carbocycles. The summed E-state index contributed by atoms with van der Waals surface area (Å²) >= 11 is 3.49. The molecule has 0 saturated heterocycles. The van der Waals surface area contributed by atoms with Gasteiger partial charge in [0.2, 0.25) is 21.8 Å². The van der Waals surface area contributed by atoms with Crippen molar-refractivity contribution >= 4 is 43.5 Å². The van der Waals surface area contributed by atoms with Crippen LogP contribution >= 0.6 is 15.9 Å². The second-order valence-corrected chi connectivity index (χ2v) is 13.0. The quantitative estimate of drug-likeness (QED) is 0.271. The van der Waals surface area contributed by atoms with Gasteiger partial charge in [-0.25, -0.2) is 8.42 Å². The SMILES string of the molecule is CCCNC(=O)[C@H](Cc1ccccc1)N(Cc1cccc(Br)c1)C(=O)CN(c1ccc(C(C)C)cc1)S(C)(=O)=O. The van der Waals surface area contributed by atoms with Gasteiger partial charge in [0.05, 0.1) is 11.9 Å². The van der Waals surface area contributed by atoms with Crippen LogP contribution < -0.4 is 9.62 Å². The van der Waals surface area contributed by atoms with Crippen LogP contribution in [0.4, 0.5) is 5.69 Å². The van der Waals surface area contributed by atoms with Gasteiger partial charge in [-0.1, -0.05) is 91.3 Å². The fourth-order valence-corrected chi connectivity index (χ4v) is 5.69. The van der Waals surface area contributed by atoms with Gasteiger partial charge < -0.3 is 10.2 Å². The fourth-order valence-electron chi connectivity index (χ4n) is 4.39. The Kier molecular flexibility index (Phi) is 11.3. The average Bonchev–Trinajstić information content (AvgIpc) is 2.92. The average molecular weight is 629 g/mol. The molecule has 0 aliphatic heterocycles. The lowest BCUT2D eigenvalue weighted by atomic mass is 10.0. The summed E-state index contributed by atoms with van der Waals surface area (Å²) < 4.78 is 27.8. The molecule has 0 fully saturated rings. The van der Waals surface area contributed by atoms with Crippen molar-refractivity contribution in [2.24, 2.45) is 0 Å². The minimum Gasteiger partial charge on any atom is -0.354 e. The molecule has 0 aliphatic carbocycles. The first-order valence-corrected chi connectivity index (χ1v) is 16.1. The molecule has 1 N–H and O–H groups in total. The zero-order valence-electron chi connectivity index (χ0n) is 23.5. The second kappa shape index (κ2) is 14.5. The standard InChI is InChI=1S/C31H38BrN3O4S/c1-5-18-33-31(37)29(20-24-10-7-6-8-11-24)34(21-25-12-9-13-27(32)19-25)30(36)22-35(40(4,38)39)28-16-14-26(15-17-28)23(2)3/h6-17,19,23,29H,5,18,20-22H2,1-4H3,(H,33,37)/t29-/m0/s1. The molecule has 0 aromatic heterocycles. The summed E-state index contributed by atoms with van der Waals surface area (Å²) in [6.07, 6.45) is 2.13. The van der Waals surface area contributed by atoms with Crippen molar-refractivity contribution in [2.75, 3.05) is 23.7 Å². The van der Waals surface area contributed by atoms with Gasteiger partial charge in [0.15, 0.2) is 0 Å². The van der Waals surface area contributed by atoms with Crippen molar-refractivity contribution < 1.29 is 18.0 Å². The predicted molar refractivity (Wildman–Crippen MR) is 165 cm³/mol. The Morgan fingerprint density at radius 3 is 2.15 bits per heavy atom. The van der Waals surface area contributed by atoms with Crippen molar-refractivity contribution in [3.63, 3.8) is 0 Å². The van der Waals surface area contributed by atoms with Crippen LogP contribution in [-0.2, 0) is 32.6 Å². The van der Waals surface area contributed by atoms with E-state index in [1.54, 1.807) is 12.1 Å². The molecule has 9 heteroatoms. The van der Waals surface area contributed by atoms with E-state index in [0.717, 1.165) is 38.1 Å². The third kappa shape index (κ3) is 8.93. The predicted octanol–water partition coefficient (Wildman–Crippen LogP) is 5.50. The molecule has 40 heavy (non-hydrogen) atoms. The third-order valence-corrected chi connectivity index (χ3v) is 8.22. The smallest absolute Gasteiger partial charge is 0.244 e. The Labute approximate surface area is 246 Å². The molecule has 0 bridgehead atoms. The highest BCUT2D eigenvalue weighted by Gasteiger charge is 2.33. The first-order valence-electron chi connectivity index (χ1n) is 13.4. The van der Waals surface area contributed by atoms with Gasteiger partial charge in [0, 0.05) is 24.0 Å². The second-order valence-electron chi connectivity index (χ2n) is 10.2. The number of amides is 2. The Hall–Kier alpha value is -3.17. The van der Waals surface area contributed by atoms with Crippen molar-refractivity contribution in [3.8, 4) is 0 Å². The van der Waals surface area contributed by atoms with E-state index in [9.17, 15) is 18.0 Å². The molecule has 0 radical (unpaired) electrons. The number of nitrogens with zero attached hydrogens (tertiary/aromatic N) is 2. The normalized spacial score (nSPS) is 12.2. The van der Waals surface area contributed by atoms with E-state index in [0.29, 0.717) is 12.2 Å². The molecule has 0 heterocycles. The fraction of sp³-hybridized carbons (Fsp3) is 0.355. The minimum atomic E-state index is -3.80. The molecular formula is C31H38BrN3O4S. The summed E-state index contributed by atoms with van der Waals surface area (Å²) in [5, 5.41) is 2.94. The summed E-state index contributed by atoms with van der Waals surface area (Å²) in [6, 6.07) is 23.4. The molecule has 0 spiro atoms. The topological polar surface area (TPSA) is 86.8 Å².